The molecule has 0 radical (unpaired) electrons. The van der Waals surface area contributed by atoms with Gasteiger partial charge in [-0.05, 0) is 37.0 Å². The molecule has 1 N–H and O–H groups in total. The van der Waals surface area contributed by atoms with Crippen LogP contribution >= 0.6 is 0 Å². The molecule has 4 rings (SSSR count). The Bertz CT molecular complexity index is 695. The summed E-state index contributed by atoms with van der Waals surface area (Å²) in [5.41, 5.74) is 1.03. The Hall–Kier alpha value is -1.79. The summed E-state index contributed by atoms with van der Waals surface area (Å²) in [7, 11) is 2.02. The third-order valence-electron chi connectivity index (χ3n) is 4.92. The van der Waals surface area contributed by atoms with Crippen molar-refractivity contribution in [2.45, 2.75) is 43.9 Å². The zero-order valence-corrected chi connectivity index (χ0v) is 13.2. The van der Waals surface area contributed by atoms with E-state index in [1.807, 2.05) is 7.05 Å². The van der Waals surface area contributed by atoms with E-state index in [0.717, 1.165) is 17.2 Å². The maximum atomic E-state index is 13.1. The normalized spacial score (nSPS) is 25.2. The third-order valence-corrected chi connectivity index (χ3v) is 4.92. The highest BCUT2D eigenvalue weighted by Gasteiger charge is 2.34. The molecule has 1 aromatic carbocycles. The Morgan fingerprint density at radius 3 is 2.65 bits per heavy atom. The third kappa shape index (κ3) is 2.88. The van der Waals surface area contributed by atoms with Gasteiger partial charge < -0.3 is 9.67 Å². The lowest BCUT2D eigenvalue weighted by Crippen LogP contribution is -2.26. The first-order chi connectivity index (χ1) is 11.1. The number of benzene rings is 1. The van der Waals surface area contributed by atoms with Crippen molar-refractivity contribution in [1.82, 2.24) is 19.7 Å². The lowest BCUT2D eigenvalue weighted by atomic mass is 10.0. The van der Waals surface area contributed by atoms with E-state index in [0.29, 0.717) is 25.4 Å². The molecule has 1 saturated heterocycles. The van der Waals surface area contributed by atoms with Gasteiger partial charge in [0.05, 0.1) is 12.6 Å². The molecule has 2 heterocycles. The van der Waals surface area contributed by atoms with E-state index in [1.165, 1.54) is 25.0 Å². The summed E-state index contributed by atoms with van der Waals surface area (Å²) < 4.78 is 15.2. The number of aromatic nitrogens is 3. The van der Waals surface area contributed by atoms with Crippen molar-refractivity contribution >= 4 is 0 Å². The van der Waals surface area contributed by atoms with E-state index >= 15 is 0 Å². The summed E-state index contributed by atoms with van der Waals surface area (Å²) in [6.45, 7) is 1.25. The van der Waals surface area contributed by atoms with Crippen molar-refractivity contribution in [3.8, 4) is 0 Å². The van der Waals surface area contributed by atoms with Gasteiger partial charge in [-0.15, -0.1) is 10.2 Å². The van der Waals surface area contributed by atoms with Gasteiger partial charge in [0.25, 0.3) is 0 Å². The number of halogens is 1. The fourth-order valence-electron chi connectivity index (χ4n) is 3.48. The molecule has 1 aromatic heterocycles. The summed E-state index contributed by atoms with van der Waals surface area (Å²) >= 11 is 0. The quantitative estimate of drug-likeness (QED) is 0.939. The van der Waals surface area contributed by atoms with Gasteiger partial charge in [0.1, 0.15) is 17.5 Å². The van der Waals surface area contributed by atoms with Crippen LogP contribution in [0.4, 0.5) is 4.39 Å². The second kappa shape index (κ2) is 5.69. The number of likely N-dealkylation sites (tertiary alicyclic amines) is 1. The Balaban J connectivity index is 1.55. The Morgan fingerprint density at radius 1 is 1.22 bits per heavy atom. The van der Waals surface area contributed by atoms with Gasteiger partial charge in [0, 0.05) is 25.6 Å². The largest absolute Gasteiger partial charge is 0.392 e. The van der Waals surface area contributed by atoms with E-state index in [1.54, 1.807) is 12.1 Å². The lowest BCUT2D eigenvalue weighted by Gasteiger charge is -2.24. The van der Waals surface area contributed by atoms with Crippen molar-refractivity contribution in [2.24, 2.45) is 7.05 Å². The summed E-state index contributed by atoms with van der Waals surface area (Å²) in [6.07, 6.45) is 2.71. The summed E-state index contributed by atoms with van der Waals surface area (Å²) in [6, 6.07) is 6.65. The minimum atomic E-state index is -0.360. The number of β-amino-alcohol motifs (C(OH)–C–C–N with tert-alkyl or cyclic N) is 1. The van der Waals surface area contributed by atoms with Crippen LogP contribution in [0.15, 0.2) is 24.3 Å². The van der Waals surface area contributed by atoms with E-state index in [9.17, 15) is 9.50 Å². The predicted octanol–water partition coefficient (Wildman–Crippen LogP) is 2.14. The topological polar surface area (TPSA) is 54.2 Å². The van der Waals surface area contributed by atoms with Gasteiger partial charge in [-0.3, -0.25) is 4.90 Å². The van der Waals surface area contributed by atoms with Crippen LogP contribution in [0, 0.1) is 5.82 Å². The average molecular weight is 316 g/mol. The van der Waals surface area contributed by atoms with Crippen LogP contribution in [-0.2, 0) is 13.6 Å². The molecule has 1 aliphatic heterocycles. The molecule has 0 unspecified atom stereocenters. The first-order valence-corrected chi connectivity index (χ1v) is 8.17. The molecule has 1 aliphatic carbocycles. The van der Waals surface area contributed by atoms with Crippen LogP contribution < -0.4 is 0 Å². The zero-order chi connectivity index (χ0) is 16.0. The molecule has 0 amide bonds. The molecule has 1 saturated carbocycles. The van der Waals surface area contributed by atoms with Crippen molar-refractivity contribution in [1.29, 1.82) is 0 Å². The van der Waals surface area contributed by atoms with Gasteiger partial charge in [-0.2, -0.15) is 0 Å². The second-order valence-corrected chi connectivity index (χ2v) is 6.69. The monoisotopic (exact) mass is 316 g/mol. The van der Waals surface area contributed by atoms with Gasteiger partial charge in [-0.25, -0.2) is 4.39 Å². The molecule has 122 valence electrons. The SMILES string of the molecule is Cn1c(CN2C[C@H](O)C[C@H]2c2ccc(F)cc2)nnc1C1CC1. The highest BCUT2D eigenvalue weighted by Crippen LogP contribution is 2.39. The number of aliphatic hydroxyl groups is 1. The number of nitrogens with zero attached hydrogens (tertiary/aromatic N) is 4. The van der Waals surface area contributed by atoms with Crippen LogP contribution in [0.5, 0.6) is 0 Å². The number of aliphatic hydroxyl groups excluding tert-OH is 1. The van der Waals surface area contributed by atoms with E-state index < -0.39 is 0 Å². The molecule has 6 heteroatoms. The van der Waals surface area contributed by atoms with Crippen LogP contribution in [0.2, 0.25) is 0 Å². The summed E-state index contributed by atoms with van der Waals surface area (Å²) in [4.78, 5) is 2.21. The molecular formula is C17H21FN4O. The Morgan fingerprint density at radius 2 is 1.96 bits per heavy atom. The van der Waals surface area contributed by atoms with Crippen molar-refractivity contribution < 1.29 is 9.50 Å². The lowest BCUT2D eigenvalue weighted by molar-refractivity contribution is 0.171. The predicted molar refractivity (Wildman–Crippen MR) is 83.2 cm³/mol. The number of rotatable bonds is 4. The van der Waals surface area contributed by atoms with Crippen molar-refractivity contribution in [3.05, 3.63) is 47.3 Å². The van der Waals surface area contributed by atoms with Crippen LogP contribution in [0.25, 0.3) is 0 Å². The van der Waals surface area contributed by atoms with Gasteiger partial charge >= 0.3 is 0 Å². The molecule has 2 aromatic rings. The number of hydrogen-bond acceptors (Lipinski definition) is 4. The first-order valence-electron chi connectivity index (χ1n) is 8.17. The minimum absolute atomic E-state index is 0.0895. The van der Waals surface area contributed by atoms with Crippen molar-refractivity contribution in [2.75, 3.05) is 6.54 Å². The van der Waals surface area contributed by atoms with Gasteiger partial charge in [-0.1, -0.05) is 12.1 Å². The molecule has 0 spiro atoms. The average Bonchev–Trinajstić information content (AvgIpc) is 3.22. The Kier molecular flexibility index (Phi) is 3.66. The number of hydrogen-bond donors (Lipinski definition) is 1. The second-order valence-electron chi connectivity index (χ2n) is 6.69. The summed E-state index contributed by atoms with van der Waals surface area (Å²) in [5, 5.41) is 18.7. The molecule has 2 fully saturated rings. The fraction of sp³-hybridized carbons (Fsp3) is 0.529. The highest BCUT2D eigenvalue weighted by molar-refractivity contribution is 5.22. The molecule has 0 bridgehead atoms. The standard InChI is InChI=1S/C17H21FN4O/c1-21-16(19-20-17(21)12-2-3-12)10-22-9-14(23)8-15(22)11-4-6-13(18)7-5-11/h4-7,12,14-15,23H,2-3,8-10H2,1H3/t14-,15+/m1/s1. The first kappa shape index (κ1) is 14.8. The fourth-order valence-corrected chi connectivity index (χ4v) is 3.48. The van der Waals surface area contributed by atoms with E-state index in [2.05, 4.69) is 19.7 Å². The zero-order valence-electron chi connectivity index (χ0n) is 13.2. The molecule has 23 heavy (non-hydrogen) atoms. The van der Waals surface area contributed by atoms with Crippen LogP contribution in [-0.4, -0.2) is 37.4 Å². The minimum Gasteiger partial charge on any atom is -0.392 e. The maximum absolute atomic E-state index is 13.1. The van der Waals surface area contributed by atoms with Crippen LogP contribution in [0.3, 0.4) is 0 Å². The molecule has 5 nitrogen and oxygen atoms in total. The molecule has 2 aliphatic rings. The highest BCUT2D eigenvalue weighted by atomic mass is 19.1. The van der Waals surface area contributed by atoms with Gasteiger partial charge in [0.15, 0.2) is 0 Å². The van der Waals surface area contributed by atoms with E-state index in [-0.39, 0.29) is 18.0 Å². The maximum Gasteiger partial charge on any atom is 0.146 e. The Labute approximate surface area is 134 Å². The van der Waals surface area contributed by atoms with E-state index in [4.69, 9.17) is 0 Å². The molecular weight excluding hydrogens is 295 g/mol. The van der Waals surface area contributed by atoms with Crippen LogP contribution in [0.1, 0.15) is 48.4 Å². The smallest absolute Gasteiger partial charge is 0.146 e. The van der Waals surface area contributed by atoms with Gasteiger partial charge in [0.2, 0.25) is 0 Å². The van der Waals surface area contributed by atoms with Crippen molar-refractivity contribution in [3.63, 3.8) is 0 Å². The molecule has 2 atom stereocenters. The summed E-state index contributed by atoms with van der Waals surface area (Å²) in [5.74, 6) is 2.32.